The van der Waals surface area contributed by atoms with Gasteiger partial charge >= 0.3 is 5.97 Å². The summed E-state index contributed by atoms with van der Waals surface area (Å²) in [5.74, 6) is -1.10. The molecule has 0 unspecified atom stereocenters. The van der Waals surface area contributed by atoms with E-state index in [1.54, 1.807) is 12.1 Å². The minimum absolute atomic E-state index is 0.00771. The summed E-state index contributed by atoms with van der Waals surface area (Å²) in [7, 11) is 0. The minimum Gasteiger partial charge on any atom is -0.508 e. The molecule has 1 aliphatic carbocycles. The number of amides is 1. The number of carbonyl (C=O) groups is 2. The van der Waals surface area contributed by atoms with E-state index >= 15 is 0 Å². The highest BCUT2D eigenvalue weighted by molar-refractivity contribution is 5.86. The van der Waals surface area contributed by atoms with Gasteiger partial charge < -0.3 is 15.5 Å². The maximum atomic E-state index is 11.6. The van der Waals surface area contributed by atoms with Crippen molar-refractivity contribution in [3.8, 4) is 5.75 Å². The molecule has 0 saturated heterocycles. The van der Waals surface area contributed by atoms with Gasteiger partial charge in [-0.1, -0.05) is 12.1 Å². The van der Waals surface area contributed by atoms with Crippen LogP contribution < -0.4 is 5.32 Å². The molecule has 0 spiro atoms. The van der Waals surface area contributed by atoms with Crippen LogP contribution in [0.25, 0.3) is 0 Å². The zero-order valence-electron chi connectivity index (χ0n) is 9.80. The van der Waals surface area contributed by atoms with E-state index in [4.69, 9.17) is 10.2 Å². The molecule has 0 aromatic heterocycles. The van der Waals surface area contributed by atoms with Crippen molar-refractivity contribution >= 4 is 11.9 Å². The number of nitrogens with one attached hydrogen (secondary N) is 1. The van der Waals surface area contributed by atoms with Crippen LogP contribution in [-0.4, -0.2) is 28.1 Å². The van der Waals surface area contributed by atoms with E-state index in [0.717, 1.165) is 18.4 Å². The second-order valence-corrected chi connectivity index (χ2v) is 4.54. The normalized spacial score (nSPS) is 16.0. The van der Waals surface area contributed by atoms with E-state index in [9.17, 15) is 9.59 Å². The first-order valence-electron chi connectivity index (χ1n) is 5.87. The third-order valence-electron chi connectivity index (χ3n) is 2.94. The molecular weight excluding hydrogens is 234 g/mol. The Hall–Kier alpha value is -2.04. The fourth-order valence-electron chi connectivity index (χ4n) is 1.70. The number of phenols is 1. The first-order chi connectivity index (χ1) is 8.56. The lowest BCUT2D eigenvalue weighted by Gasteiger charge is -2.14. The van der Waals surface area contributed by atoms with Crippen LogP contribution in [-0.2, 0) is 16.0 Å². The highest BCUT2D eigenvalue weighted by Crippen LogP contribution is 2.29. The van der Waals surface area contributed by atoms with Crippen LogP contribution in [0.3, 0.4) is 0 Å². The molecule has 2 rings (SSSR count). The average Bonchev–Trinajstić information content (AvgIpc) is 3.14. The van der Waals surface area contributed by atoms with Crippen LogP contribution >= 0.6 is 0 Å². The SMILES string of the molecule is O=C(N[C@@H](Cc1ccc(O)cc1)C(=O)O)C1CC1. The number of carboxylic acid groups (broad SMARTS) is 1. The molecule has 1 atom stereocenters. The van der Waals surface area contributed by atoms with Gasteiger partial charge in [-0.3, -0.25) is 4.79 Å². The van der Waals surface area contributed by atoms with Crippen LogP contribution in [0, 0.1) is 5.92 Å². The topological polar surface area (TPSA) is 86.6 Å². The number of hydrogen-bond donors (Lipinski definition) is 3. The maximum Gasteiger partial charge on any atom is 0.326 e. The standard InChI is InChI=1S/C13H15NO4/c15-10-5-1-8(2-6-10)7-11(13(17)18)14-12(16)9-3-4-9/h1-2,5-6,9,11,15H,3-4,7H2,(H,14,16)(H,17,18)/t11-/m0/s1. The molecule has 96 valence electrons. The molecule has 1 fully saturated rings. The van der Waals surface area contributed by atoms with Crippen molar-refractivity contribution in [1.82, 2.24) is 5.32 Å². The Morgan fingerprint density at radius 3 is 2.39 bits per heavy atom. The molecule has 1 aliphatic rings. The van der Waals surface area contributed by atoms with Crippen molar-refractivity contribution in [2.45, 2.75) is 25.3 Å². The summed E-state index contributed by atoms with van der Waals surface area (Å²) in [6, 6.07) is 5.37. The van der Waals surface area contributed by atoms with E-state index < -0.39 is 12.0 Å². The van der Waals surface area contributed by atoms with Gasteiger partial charge in [0.05, 0.1) is 0 Å². The lowest BCUT2D eigenvalue weighted by Crippen LogP contribution is -2.43. The first-order valence-corrected chi connectivity index (χ1v) is 5.87. The van der Waals surface area contributed by atoms with Crippen LogP contribution in [0.15, 0.2) is 24.3 Å². The Balaban J connectivity index is 1.99. The Morgan fingerprint density at radius 2 is 1.89 bits per heavy atom. The van der Waals surface area contributed by atoms with Gasteiger partial charge in [0.15, 0.2) is 0 Å². The molecule has 1 aromatic rings. The van der Waals surface area contributed by atoms with Crippen molar-refractivity contribution in [1.29, 1.82) is 0 Å². The zero-order valence-corrected chi connectivity index (χ0v) is 9.80. The summed E-state index contributed by atoms with van der Waals surface area (Å²) in [5.41, 5.74) is 0.760. The van der Waals surface area contributed by atoms with E-state index in [-0.39, 0.29) is 24.0 Å². The van der Waals surface area contributed by atoms with Gasteiger partial charge in [0.2, 0.25) is 5.91 Å². The van der Waals surface area contributed by atoms with Crippen LogP contribution in [0.1, 0.15) is 18.4 Å². The number of rotatable bonds is 5. The lowest BCUT2D eigenvalue weighted by molar-refractivity contribution is -0.142. The van der Waals surface area contributed by atoms with Crippen LogP contribution in [0.4, 0.5) is 0 Å². The number of phenolic OH excluding ortho intramolecular Hbond substituents is 1. The molecule has 3 N–H and O–H groups in total. The molecule has 1 amide bonds. The minimum atomic E-state index is -1.04. The molecule has 1 aromatic carbocycles. The fourth-order valence-corrected chi connectivity index (χ4v) is 1.70. The number of aliphatic carboxylic acids is 1. The Kier molecular flexibility index (Phi) is 3.50. The maximum absolute atomic E-state index is 11.6. The van der Waals surface area contributed by atoms with Gasteiger partial charge in [-0.25, -0.2) is 4.79 Å². The smallest absolute Gasteiger partial charge is 0.326 e. The third kappa shape index (κ3) is 3.23. The second-order valence-electron chi connectivity index (χ2n) is 4.54. The predicted octanol–water partition coefficient (Wildman–Crippen LogP) is 0.914. The molecule has 0 radical (unpaired) electrons. The summed E-state index contributed by atoms with van der Waals surface area (Å²) in [4.78, 5) is 22.6. The molecule has 0 aliphatic heterocycles. The van der Waals surface area contributed by atoms with Gasteiger partial charge in [-0.05, 0) is 30.5 Å². The fraction of sp³-hybridized carbons (Fsp3) is 0.385. The molecule has 0 bridgehead atoms. The Morgan fingerprint density at radius 1 is 1.28 bits per heavy atom. The summed E-state index contributed by atoms with van der Waals surface area (Å²) >= 11 is 0. The van der Waals surface area contributed by atoms with Gasteiger partial charge in [0.25, 0.3) is 0 Å². The van der Waals surface area contributed by atoms with E-state index in [2.05, 4.69) is 5.32 Å². The quantitative estimate of drug-likeness (QED) is 0.724. The largest absolute Gasteiger partial charge is 0.508 e. The van der Waals surface area contributed by atoms with Gasteiger partial charge in [0, 0.05) is 12.3 Å². The van der Waals surface area contributed by atoms with Gasteiger partial charge in [-0.2, -0.15) is 0 Å². The first kappa shape index (κ1) is 12.4. The Labute approximate surface area is 104 Å². The lowest BCUT2D eigenvalue weighted by atomic mass is 10.1. The highest BCUT2D eigenvalue weighted by Gasteiger charge is 2.32. The van der Waals surface area contributed by atoms with E-state index in [0.29, 0.717) is 0 Å². The second kappa shape index (κ2) is 5.08. The van der Waals surface area contributed by atoms with Crippen molar-refractivity contribution in [3.05, 3.63) is 29.8 Å². The molecule has 18 heavy (non-hydrogen) atoms. The van der Waals surface area contributed by atoms with Crippen molar-refractivity contribution in [2.24, 2.45) is 5.92 Å². The van der Waals surface area contributed by atoms with Crippen LogP contribution in [0.5, 0.6) is 5.75 Å². The number of carboxylic acids is 1. The van der Waals surface area contributed by atoms with E-state index in [1.165, 1.54) is 12.1 Å². The predicted molar refractivity (Wildman–Crippen MR) is 64.1 cm³/mol. The monoisotopic (exact) mass is 249 g/mol. The summed E-state index contributed by atoms with van der Waals surface area (Å²) < 4.78 is 0. The number of aromatic hydroxyl groups is 1. The summed E-state index contributed by atoms with van der Waals surface area (Å²) in [5, 5.41) is 20.8. The number of carbonyl (C=O) groups excluding carboxylic acids is 1. The van der Waals surface area contributed by atoms with Crippen molar-refractivity contribution < 1.29 is 19.8 Å². The molecule has 5 heteroatoms. The molecule has 5 nitrogen and oxygen atoms in total. The van der Waals surface area contributed by atoms with Crippen LogP contribution in [0.2, 0.25) is 0 Å². The van der Waals surface area contributed by atoms with Gasteiger partial charge in [0.1, 0.15) is 11.8 Å². The Bertz CT molecular complexity index is 451. The zero-order chi connectivity index (χ0) is 13.1. The number of benzene rings is 1. The summed E-state index contributed by atoms with van der Waals surface area (Å²) in [6.45, 7) is 0. The molecule has 1 saturated carbocycles. The van der Waals surface area contributed by atoms with E-state index in [1.807, 2.05) is 0 Å². The highest BCUT2D eigenvalue weighted by atomic mass is 16.4. The third-order valence-corrected chi connectivity index (χ3v) is 2.94. The summed E-state index contributed by atoms with van der Waals surface area (Å²) in [6.07, 6.45) is 1.91. The number of hydrogen-bond acceptors (Lipinski definition) is 3. The average molecular weight is 249 g/mol. The molecule has 0 heterocycles. The van der Waals surface area contributed by atoms with Crippen molar-refractivity contribution in [2.75, 3.05) is 0 Å². The van der Waals surface area contributed by atoms with Gasteiger partial charge in [-0.15, -0.1) is 0 Å². The van der Waals surface area contributed by atoms with Crippen molar-refractivity contribution in [3.63, 3.8) is 0 Å². The molecular formula is C13H15NO4.